The molecule has 0 saturated heterocycles. The highest BCUT2D eigenvalue weighted by Crippen LogP contribution is 2.42. The Kier molecular flexibility index (Phi) is 2.84. The van der Waals surface area contributed by atoms with Crippen LogP contribution in [0.4, 0.5) is 0 Å². The van der Waals surface area contributed by atoms with E-state index in [1.807, 2.05) is 24.3 Å². The van der Waals surface area contributed by atoms with Gasteiger partial charge in [-0.1, -0.05) is 18.2 Å². The van der Waals surface area contributed by atoms with Crippen molar-refractivity contribution in [3.63, 3.8) is 0 Å². The number of carboxylic acid groups (broad SMARTS) is 1. The first-order valence-electron chi connectivity index (χ1n) is 7.12. The van der Waals surface area contributed by atoms with Gasteiger partial charge in [0.15, 0.2) is 5.78 Å². The number of hydrogen-bond donors (Lipinski definition) is 1. The zero-order valence-electron chi connectivity index (χ0n) is 12.0. The Morgan fingerprint density at radius 3 is 2.30 bits per heavy atom. The van der Waals surface area contributed by atoms with Gasteiger partial charge in [0.05, 0.1) is 5.56 Å². The highest BCUT2D eigenvalue weighted by molar-refractivity contribution is 6.15. The number of carboxylic acids is 1. The number of hydrogen-bond acceptors (Lipinski definition) is 3. The minimum atomic E-state index is -1.01. The number of carbonyl (C=O) groups is 2. The third-order valence-electron chi connectivity index (χ3n) is 4.08. The molecule has 1 aliphatic carbocycles. The minimum absolute atomic E-state index is 0.117. The molecule has 0 saturated carbocycles. The monoisotopic (exact) mass is 301 g/mol. The molecule has 0 atom stereocenters. The molecule has 4 nitrogen and oxygen atoms in total. The molecule has 1 N–H and O–H groups in total. The quantitative estimate of drug-likeness (QED) is 0.586. The van der Waals surface area contributed by atoms with Crippen molar-refractivity contribution in [3.8, 4) is 22.3 Å². The maximum atomic E-state index is 12.8. The Morgan fingerprint density at radius 2 is 1.57 bits per heavy atom. The molecule has 1 heterocycles. The Labute approximate surface area is 132 Å². The molecule has 4 heteroatoms. The van der Waals surface area contributed by atoms with Crippen molar-refractivity contribution in [2.75, 3.05) is 0 Å². The van der Waals surface area contributed by atoms with Crippen LogP contribution in [0.2, 0.25) is 0 Å². The van der Waals surface area contributed by atoms with Crippen LogP contribution in [0.3, 0.4) is 0 Å². The molecule has 0 aliphatic heterocycles. The van der Waals surface area contributed by atoms with Gasteiger partial charge in [0.25, 0.3) is 0 Å². The fourth-order valence-corrected chi connectivity index (χ4v) is 2.91. The van der Waals surface area contributed by atoms with Crippen LogP contribution in [-0.4, -0.2) is 21.8 Å². The van der Waals surface area contributed by atoms with Crippen LogP contribution < -0.4 is 0 Å². The summed E-state index contributed by atoms with van der Waals surface area (Å²) in [5.41, 5.74) is 5.24. The van der Waals surface area contributed by atoms with Crippen LogP contribution in [0.25, 0.3) is 22.3 Å². The highest BCUT2D eigenvalue weighted by Gasteiger charge is 2.23. The van der Waals surface area contributed by atoms with E-state index in [1.54, 1.807) is 24.5 Å². The van der Waals surface area contributed by atoms with Gasteiger partial charge in [0, 0.05) is 29.1 Å². The maximum Gasteiger partial charge on any atom is 0.335 e. The van der Waals surface area contributed by atoms with Gasteiger partial charge in [-0.15, -0.1) is 0 Å². The van der Waals surface area contributed by atoms with Crippen molar-refractivity contribution in [3.05, 3.63) is 77.6 Å². The molecule has 0 fully saturated rings. The van der Waals surface area contributed by atoms with Crippen LogP contribution >= 0.6 is 0 Å². The maximum absolute atomic E-state index is 12.8. The van der Waals surface area contributed by atoms with Crippen LogP contribution in [0.1, 0.15) is 26.3 Å². The zero-order chi connectivity index (χ0) is 16.0. The Balaban J connectivity index is 1.78. The molecule has 1 aliphatic rings. The van der Waals surface area contributed by atoms with Crippen molar-refractivity contribution >= 4 is 11.8 Å². The number of ketones is 1. The fourth-order valence-electron chi connectivity index (χ4n) is 2.91. The van der Waals surface area contributed by atoms with Crippen molar-refractivity contribution in [2.45, 2.75) is 0 Å². The summed E-state index contributed by atoms with van der Waals surface area (Å²) in [5.74, 6) is -1.12. The molecule has 0 spiro atoms. The number of carbonyl (C=O) groups excluding carboxylic acids is 1. The lowest BCUT2D eigenvalue weighted by molar-refractivity contribution is 0.0696. The average molecular weight is 301 g/mol. The molecule has 0 amide bonds. The number of fused-ring (bicyclic) bond motifs is 5. The standard InChI is InChI=1S/C19H11NO3/c21-18(11-1-3-12(4-2-11)19(22)23)15-6-5-13-9-16(15)14-7-8-20-10-17(13)14/h1-10H,(H,22,23). The molecule has 0 radical (unpaired) electrons. The SMILES string of the molecule is O=C(O)c1ccc(C(=O)c2ccc3cc2-c2ccncc2-3)cc1. The molecule has 110 valence electrons. The summed E-state index contributed by atoms with van der Waals surface area (Å²) in [6.45, 7) is 0. The lowest BCUT2D eigenvalue weighted by Crippen LogP contribution is -2.04. The van der Waals surface area contributed by atoms with Crippen LogP contribution in [0.5, 0.6) is 0 Å². The number of benzene rings is 2. The second-order valence-corrected chi connectivity index (χ2v) is 5.39. The molecule has 2 bridgehead atoms. The van der Waals surface area contributed by atoms with Crippen molar-refractivity contribution in [1.82, 2.24) is 4.98 Å². The normalized spacial score (nSPS) is 11.1. The summed E-state index contributed by atoms with van der Waals surface area (Å²) < 4.78 is 0. The Bertz CT molecular complexity index is 959. The van der Waals surface area contributed by atoms with Crippen LogP contribution in [-0.2, 0) is 0 Å². The smallest absolute Gasteiger partial charge is 0.335 e. The largest absolute Gasteiger partial charge is 0.478 e. The van der Waals surface area contributed by atoms with E-state index >= 15 is 0 Å². The van der Waals surface area contributed by atoms with Crippen LogP contribution in [0, 0.1) is 0 Å². The lowest BCUT2D eigenvalue weighted by Gasteiger charge is -2.06. The fraction of sp³-hybridized carbons (Fsp3) is 0. The van der Waals surface area contributed by atoms with E-state index in [1.165, 1.54) is 12.1 Å². The average Bonchev–Trinajstić information content (AvgIpc) is 2.88. The first kappa shape index (κ1) is 13.4. The minimum Gasteiger partial charge on any atom is -0.478 e. The molecule has 4 rings (SSSR count). The topological polar surface area (TPSA) is 67.3 Å². The molecule has 23 heavy (non-hydrogen) atoms. The first-order chi connectivity index (χ1) is 11.1. The van der Waals surface area contributed by atoms with Gasteiger partial charge in [0.2, 0.25) is 0 Å². The molecular formula is C19H11NO3. The van der Waals surface area contributed by atoms with Crippen LogP contribution in [0.15, 0.2) is 60.9 Å². The molecule has 1 aromatic heterocycles. The summed E-state index contributed by atoms with van der Waals surface area (Å²) in [6.07, 6.45) is 3.51. The van der Waals surface area contributed by atoms with E-state index in [9.17, 15) is 9.59 Å². The van der Waals surface area contributed by atoms with Gasteiger partial charge in [0.1, 0.15) is 0 Å². The van der Waals surface area contributed by atoms with Crippen molar-refractivity contribution in [1.29, 1.82) is 0 Å². The number of aromatic carboxylic acids is 1. The predicted molar refractivity (Wildman–Crippen MR) is 85.5 cm³/mol. The second-order valence-electron chi connectivity index (χ2n) is 5.39. The Morgan fingerprint density at radius 1 is 0.826 bits per heavy atom. The van der Waals surface area contributed by atoms with E-state index in [0.29, 0.717) is 11.1 Å². The van der Waals surface area contributed by atoms with Gasteiger partial charge in [-0.3, -0.25) is 9.78 Å². The molecule has 0 unspecified atom stereocenters. The number of nitrogens with zero attached hydrogens (tertiary/aromatic N) is 1. The molecule has 2 aromatic carbocycles. The van der Waals surface area contributed by atoms with Gasteiger partial charge in [-0.05, 0) is 47.0 Å². The van der Waals surface area contributed by atoms with Gasteiger partial charge in [-0.2, -0.15) is 0 Å². The number of aromatic nitrogens is 1. The van der Waals surface area contributed by atoms with Gasteiger partial charge < -0.3 is 5.11 Å². The van der Waals surface area contributed by atoms with Gasteiger partial charge in [-0.25, -0.2) is 4.79 Å². The summed E-state index contributed by atoms with van der Waals surface area (Å²) in [6, 6.07) is 13.6. The van der Waals surface area contributed by atoms with E-state index in [-0.39, 0.29) is 11.3 Å². The second kappa shape index (κ2) is 4.88. The Hall–Kier alpha value is -3.27. The summed E-state index contributed by atoms with van der Waals surface area (Å²) >= 11 is 0. The van der Waals surface area contributed by atoms with E-state index in [0.717, 1.165) is 22.3 Å². The van der Waals surface area contributed by atoms with E-state index in [4.69, 9.17) is 5.11 Å². The van der Waals surface area contributed by atoms with Crippen molar-refractivity contribution in [2.24, 2.45) is 0 Å². The third-order valence-corrected chi connectivity index (χ3v) is 4.08. The first-order valence-corrected chi connectivity index (χ1v) is 7.12. The molecule has 3 aromatic rings. The van der Waals surface area contributed by atoms with E-state index in [2.05, 4.69) is 4.98 Å². The summed E-state index contributed by atoms with van der Waals surface area (Å²) in [5, 5.41) is 8.94. The molecular weight excluding hydrogens is 290 g/mol. The number of pyridine rings is 1. The van der Waals surface area contributed by atoms with Crippen molar-refractivity contribution < 1.29 is 14.7 Å². The lowest BCUT2D eigenvalue weighted by atomic mass is 9.96. The zero-order valence-corrected chi connectivity index (χ0v) is 12.0. The number of rotatable bonds is 3. The summed E-state index contributed by atoms with van der Waals surface area (Å²) in [4.78, 5) is 27.8. The predicted octanol–water partition coefficient (Wildman–Crippen LogP) is 3.66. The third kappa shape index (κ3) is 2.04. The van der Waals surface area contributed by atoms with Gasteiger partial charge >= 0.3 is 5.97 Å². The highest BCUT2D eigenvalue weighted by atomic mass is 16.4. The summed E-state index contributed by atoms with van der Waals surface area (Å²) in [7, 11) is 0. The van der Waals surface area contributed by atoms with E-state index < -0.39 is 5.97 Å².